The van der Waals surface area contributed by atoms with Crippen molar-refractivity contribution >= 4 is 17.4 Å². The number of aromatic amines is 1. The lowest BCUT2D eigenvalue weighted by atomic mass is 10.0. The zero-order chi connectivity index (χ0) is 11.8. The number of aromatic nitrogens is 2. The third-order valence-corrected chi connectivity index (χ3v) is 3.44. The van der Waals surface area contributed by atoms with Crippen LogP contribution in [0.5, 0.6) is 0 Å². The monoisotopic (exact) mass is 247 g/mol. The maximum atomic E-state index is 5.93. The minimum atomic E-state index is 0.572. The van der Waals surface area contributed by atoms with E-state index in [0.29, 0.717) is 5.82 Å². The van der Waals surface area contributed by atoms with Crippen LogP contribution in [-0.2, 0) is 6.42 Å². The van der Waals surface area contributed by atoms with Crippen molar-refractivity contribution in [1.29, 1.82) is 0 Å². The third-order valence-electron chi connectivity index (χ3n) is 3.19. The molecule has 1 aromatic heterocycles. The highest BCUT2D eigenvalue weighted by atomic mass is 35.5. The van der Waals surface area contributed by atoms with Crippen LogP contribution < -0.4 is 5.73 Å². The van der Waals surface area contributed by atoms with E-state index in [9.17, 15) is 0 Å². The Hall–Kier alpha value is -1.48. The summed E-state index contributed by atoms with van der Waals surface area (Å²) in [6.45, 7) is 0. The zero-order valence-corrected chi connectivity index (χ0v) is 10.2. The number of rotatable bonds is 3. The van der Waals surface area contributed by atoms with Crippen molar-refractivity contribution in [3.8, 4) is 11.1 Å². The molecule has 1 fully saturated rings. The maximum absolute atomic E-state index is 5.93. The van der Waals surface area contributed by atoms with Crippen molar-refractivity contribution in [3.63, 3.8) is 0 Å². The van der Waals surface area contributed by atoms with Crippen molar-refractivity contribution < 1.29 is 0 Å². The predicted octanol–water partition coefficient (Wildman–Crippen LogP) is 3.26. The van der Waals surface area contributed by atoms with Crippen LogP contribution in [0.1, 0.15) is 18.5 Å². The molecule has 3 N–H and O–H groups in total. The minimum absolute atomic E-state index is 0.572. The van der Waals surface area contributed by atoms with Gasteiger partial charge < -0.3 is 5.73 Å². The van der Waals surface area contributed by atoms with Crippen LogP contribution in [0.15, 0.2) is 24.3 Å². The smallest absolute Gasteiger partial charge is 0.153 e. The number of nitrogens with zero attached hydrogens (tertiary/aromatic N) is 1. The summed E-state index contributed by atoms with van der Waals surface area (Å²) in [4.78, 5) is 0. The van der Waals surface area contributed by atoms with Crippen LogP contribution in [0.25, 0.3) is 11.1 Å². The van der Waals surface area contributed by atoms with Gasteiger partial charge in [0.05, 0.1) is 0 Å². The van der Waals surface area contributed by atoms with Crippen LogP contribution >= 0.6 is 11.6 Å². The van der Waals surface area contributed by atoms with Gasteiger partial charge in [-0.05, 0) is 42.9 Å². The van der Waals surface area contributed by atoms with Gasteiger partial charge in [0.15, 0.2) is 5.82 Å². The van der Waals surface area contributed by atoms with Gasteiger partial charge in [0.1, 0.15) is 0 Å². The standard InChI is InChI=1S/C13H14ClN3/c14-10-5-3-9(4-6-10)12-11(7-8-1-2-8)16-17-13(12)15/h3-6,8H,1-2,7H2,(H3,15,16,17). The highest BCUT2D eigenvalue weighted by Gasteiger charge is 2.25. The van der Waals surface area contributed by atoms with Crippen LogP contribution in [-0.4, -0.2) is 10.2 Å². The average molecular weight is 248 g/mol. The zero-order valence-electron chi connectivity index (χ0n) is 9.41. The number of nitrogen functional groups attached to an aromatic ring is 1. The largest absolute Gasteiger partial charge is 0.382 e. The first-order valence-corrected chi connectivity index (χ1v) is 6.20. The number of nitrogens with two attached hydrogens (primary N) is 1. The van der Waals surface area contributed by atoms with Crippen LogP contribution in [0.3, 0.4) is 0 Å². The molecule has 0 atom stereocenters. The van der Waals surface area contributed by atoms with Gasteiger partial charge >= 0.3 is 0 Å². The lowest BCUT2D eigenvalue weighted by molar-refractivity contribution is 0.798. The molecule has 1 heterocycles. The van der Waals surface area contributed by atoms with Gasteiger partial charge in [0, 0.05) is 16.3 Å². The Morgan fingerprint density at radius 2 is 2.00 bits per heavy atom. The van der Waals surface area contributed by atoms with Crippen molar-refractivity contribution in [2.24, 2.45) is 5.92 Å². The van der Waals surface area contributed by atoms with Crippen molar-refractivity contribution in [1.82, 2.24) is 10.2 Å². The first-order chi connectivity index (χ1) is 8.24. The lowest BCUT2D eigenvalue weighted by Gasteiger charge is -2.04. The van der Waals surface area contributed by atoms with Crippen molar-refractivity contribution in [3.05, 3.63) is 35.0 Å². The number of hydrogen-bond donors (Lipinski definition) is 2. The summed E-state index contributed by atoms with van der Waals surface area (Å²) >= 11 is 5.89. The molecule has 0 amide bonds. The molecule has 1 aliphatic carbocycles. The highest BCUT2D eigenvalue weighted by Crippen LogP contribution is 2.37. The molecule has 17 heavy (non-hydrogen) atoms. The Kier molecular flexibility index (Phi) is 2.56. The van der Waals surface area contributed by atoms with Crippen LogP contribution in [0.2, 0.25) is 5.02 Å². The van der Waals surface area contributed by atoms with Gasteiger partial charge in [-0.2, -0.15) is 5.10 Å². The van der Waals surface area contributed by atoms with E-state index in [1.807, 2.05) is 24.3 Å². The Labute approximate surface area is 105 Å². The summed E-state index contributed by atoms with van der Waals surface area (Å²) in [6, 6.07) is 7.73. The Morgan fingerprint density at radius 3 is 2.65 bits per heavy atom. The molecule has 0 aliphatic heterocycles. The fraction of sp³-hybridized carbons (Fsp3) is 0.308. The van der Waals surface area contributed by atoms with E-state index in [0.717, 1.165) is 34.2 Å². The first-order valence-electron chi connectivity index (χ1n) is 5.82. The number of benzene rings is 1. The molecule has 3 rings (SSSR count). The van der Waals surface area contributed by atoms with Gasteiger partial charge in [-0.15, -0.1) is 0 Å². The lowest BCUT2D eigenvalue weighted by Crippen LogP contribution is -1.92. The number of anilines is 1. The van der Waals surface area contributed by atoms with Gasteiger partial charge in [0.25, 0.3) is 0 Å². The predicted molar refractivity (Wildman–Crippen MR) is 69.9 cm³/mol. The molecule has 0 spiro atoms. The normalized spacial score (nSPS) is 15.1. The SMILES string of the molecule is Nc1n[nH]c(CC2CC2)c1-c1ccc(Cl)cc1. The van der Waals surface area contributed by atoms with E-state index in [-0.39, 0.29) is 0 Å². The summed E-state index contributed by atoms with van der Waals surface area (Å²) in [5.74, 6) is 1.38. The Bertz CT molecular complexity index is 526. The van der Waals surface area contributed by atoms with E-state index in [4.69, 9.17) is 17.3 Å². The van der Waals surface area contributed by atoms with Crippen LogP contribution in [0, 0.1) is 5.92 Å². The van der Waals surface area contributed by atoms with E-state index in [2.05, 4.69) is 10.2 Å². The average Bonchev–Trinajstić information content (AvgIpc) is 3.05. The highest BCUT2D eigenvalue weighted by molar-refractivity contribution is 6.30. The number of H-pyrrole nitrogens is 1. The van der Waals surface area contributed by atoms with Crippen LogP contribution in [0.4, 0.5) is 5.82 Å². The molecule has 0 saturated heterocycles. The molecule has 88 valence electrons. The summed E-state index contributed by atoms with van der Waals surface area (Å²) < 4.78 is 0. The van der Waals surface area contributed by atoms with Gasteiger partial charge in [-0.3, -0.25) is 5.10 Å². The molecule has 0 radical (unpaired) electrons. The Balaban J connectivity index is 1.99. The first kappa shape index (κ1) is 10.7. The molecule has 1 aliphatic rings. The Morgan fingerprint density at radius 1 is 1.29 bits per heavy atom. The fourth-order valence-electron chi connectivity index (χ4n) is 2.09. The van der Waals surface area contributed by atoms with E-state index >= 15 is 0 Å². The molecular weight excluding hydrogens is 234 g/mol. The molecule has 3 nitrogen and oxygen atoms in total. The number of hydrogen-bond acceptors (Lipinski definition) is 2. The second-order valence-electron chi connectivity index (χ2n) is 4.62. The van der Waals surface area contributed by atoms with Gasteiger partial charge in [-0.1, -0.05) is 23.7 Å². The molecule has 2 aromatic rings. The summed E-state index contributed by atoms with van der Waals surface area (Å²) in [5.41, 5.74) is 9.19. The minimum Gasteiger partial charge on any atom is -0.382 e. The molecular formula is C13H14ClN3. The van der Waals surface area contributed by atoms with E-state index < -0.39 is 0 Å². The summed E-state index contributed by atoms with van der Waals surface area (Å²) in [7, 11) is 0. The maximum Gasteiger partial charge on any atom is 0.153 e. The van der Waals surface area contributed by atoms with Gasteiger partial charge in [-0.25, -0.2) is 0 Å². The van der Waals surface area contributed by atoms with E-state index in [1.54, 1.807) is 0 Å². The molecule has 4 heteroatoms. The molecule has 1 saturated carbocycles. The third kappa shape index (κ3) is 2.15. The topological polar surface area (TPSA) is 54.7 Å². The molecule has 0 bridgehead atoms. The summed E-state index contributed by atoms with van der Waals surface area (Å²) in [5, 5.41) is 7.90. The molecule has 0 unspecified atom stereocenters. The van der Waals surface area contributed by atoms with Gasteiger partial charge in [0.2, 0.25) is 0 Å². The second-order valence-corrected chi connectivity index (χ2v) is 5.05. The fourth-order valence-corrected chi connectivity index (χ4v) is 2.22. The quantitative estimate of drug-likeness (QED) is 0.875. The molecule has 1 aromatic carbocycles. The summed E-state index contributed by atoms with van der Waals surface area (Å²) in [6.07, 6.45) is 3.68. The number of nitrogens with one attached hydrogen (secondary N) is 1. The van der Waals surface area contributed by atoms with Crippen molar-refractivity contribution in [2.75, 3.05) is 5.73 Å². The number of halogens is 1. The second kappa shape index (κ2) is 4.08. The van der Waals surface area contributed by atoms with Crippen molar-refractivity contribution in [2.45, 2.75) is 19.3 Å². The van der Waals surface area contributed by atoms with E-state index in [1.165, 1.54) is 12.8 Å².